The first-order chi connectivity index (χ1) is 9.03. The SMILES string of the molecule is CC(C)(CNCC(O)CN)c1ccc2c(c1)OCO2. The first-order valence-corrected chi connectivity index (χ1v) is 6.52. The van der Waals surface area contributed by atoms with Crippen molar-refractivity contribution in [2.45, 2.75) is 25.4 Å². The fourth-order valence-electron chi connectivity index (χ4n) is 2.05. The number of fused-ring (bicyclic) bond motifs is 1. The summed E-state index contributed by atoms with van der Waals surface area (Å²) in [6, 6.07) is 6.01. The van der Waals surface area contributed by atoms with Crippen LogP contribution in [0.3, 0.4) is 0 Å². The smallest absolute Gasteiger partial charge is 0.231 e. The summed E-state index contributed by atoms with van der Waals surface area (Å²) < 4.78 is 10.7. The molecule has 0 saturated heterocycles. The summed E-state index contributed by atoms with van der Waals surface area (Å²) in [4.78, 5) is 0. The molecule has 0 radical (unpaired) electrons. The first kappa shape index (κ1) is 14.1. The average Bonchev–Trinajstić information content (AvgIpc) is 2.85. The number of aliphatic hydroxyl groups excluding tert-OH is 1. The number of hydrogen-bond acceptors (Lipinski definition) is 5. The van der Waals surface area contributed by atoms with Crippen molar-refractivity contribution >= 4 is 0 Å². The number of hydrogen-bond donors (Lipinski definition) is 3. The van der Waals surface area contributed by atoms with Gasteiger partial charge in [0.25, 0.3) is 0 Å². The molecule has 1 aliphatic heterocycles. The van der Waals surface area contributed by atoms with E-state index in [1.165, 1.54) is 5.56 Å². The Morgan fingerprint density at radius 1 is 1.37 bits per heavy atom. The second-order valence-corrected chi connectivity index (χ2v) is 5.47. The average molecular weight is 266 g/mol. The fraction of sp³-hybridized carbons (Fsp3) is 0.571. The van der Waals surface area contributed by atoms with Gasteiger partial charge in [0.2, 0.25) is 6.79 Å². The lowest BCUT2D eigenvalue weighted by Crippen LogP contribution is -2.39. The zero-order valence-electron chi connectivity index (χ0n) is 11.5. The van der Waals surface area contributed by atoms with Crippen LogP contribution in [0.5, 0.6) is 11.5 Å². The van der Waals surface area contributed by atoms with E-state index >= 15 is 0 Å². The van der Waals surface area contributed by atoms with E-state index in [2.05, 4.69) is 25.2 Å². The predicted octanol–water partition coefficient (Wildman–Crippen LogP) is 0.602. The number of nitrogens with one attached hydrogen (secondary N) is 1. The molecule has 0 amide bonds. The van der Waals surface area contributed by atoms with Crippen molar-refractivity contribution in [1.29, 1.82) is 0 Å². The Labute approximate surface area is 113 Å². The van der Waals surface area contributed by atoms with Crippen LogP contribution in [0.2, 0.25) is 0 Å². The van der Waals surface area contributed by atoms with Gasteiger partial charge < -0.3 is 25.6 Å². The molecule has 5 heteroatoms. The molecule has 19 heavy (non-hydrogen) atoms. The van der Waals surface area contributed by atoms with Crippen molar-refractivity contribution < 1.29 is 14.6 Å². The molecule has 2 rings (SSSR count). The number of rotatable bonds is 6. The van der Waals surface area contributed by atoms with Gasteiger partial charge in [-0.25, -0.2) is 0 Å². The van der Waals surface area contributed by atoms with Crippen LogP contribution in [0.15, 0.2) is 18.2 Å². The highest BCUT2D eigenvalue weighted by atomic mass is 16.7. The van der Waals surface area contributed by atoms with Gasteiger partial charge in [0.1, 0.15) is 0 Å². The van der Waals surface area contributed by atoms with Crippen LogP contribution in [0.1, 0.15) is 19.4 Å². The molecular weight excluding hydrogens is 244 g/mol. The molecule has 1 aliphatic rings. The monoisotopic (exact) mass is 266 g/mol. The Morgan fingerprint density at radius 3 is 2.84 bits per heavy atom. The molecular formula is C14H22N2O3. The van der Waals surface area contributed by atoms with E-state index in [0.29, 0.717) is 13.3 Å². The molecule has 0 spiro atoms. The van der Waals surface area contributed by atoms with Crippen LogP contribution < -0.4 is 20.5 Å². The maximum Gasteiger partial charge on any atom is 0.231 e. The van der Waals surface area contributed by atoms with Crippen molar-refractivity contribution in [1.82, 2.24) is 5.32 Å². The zero-order valence-corrected chi connectivity index (χ0v) is 11.5. The summed E-state index contributed by atoms with van der Waals surface area (Å²) in [5.41, 5.74) is 6.49. The van der Waals surface area contributed by atoms with Crippen molar-refractivity contribution in [2.24, 2.45) is 5.73 Å². The van der Waals surface area contributed by atoms with Crippen LogP contribution in [0, 0.1) is 0 Å². The van der Waals surface area contributed by atoms with E-state index in [4.69, 9.17) is 15.2 Å². The van der Waals surface area contributed by atoms with E-state index in [1.54, 1.807) is 0 Å². The molecule has 5 nitrogen and oxygen atoms in total. The molecule has 1 unspecified atom stereocenters. The molecule has 0 fully saturated rings. The summed E-state index contributed by atoms with van der Waals surface area (Å²) in [5.74, 6) is 1.60. The Bertz CT molecular complexity index is 435. The van der Waals surface area contributed by atoms with Crippen molar-refractivity contribution in [3.05, 3.63) is 23.8 Å². The van der Waals surface area contributed by atoms with Crippen LogP contribution >= 0.6 is 0 Å². The molecule has 0 bridgehead atoms. The van der Waals surface area contributed by atoms with Crippen molar-refractivity contribution in [2.75, 3.05) is 26.4 Å². The third-order valence-corrected chi connectivity index (χ3v) is 3.37. The van der Waals surface area contributed by atoms with E-state index in [9.17, 15) is 5.11 Å². The standard InChI is InChI=1S/C14H22N2O3/c1-14(2,8-16-7-11(17)6-15)10-3-4-12-13(5-10)19-9-18-12/h3-5,11,16-17H,6-9,15H2,1-2H3. The highest BCUT2D eigenvalue weighted by Crippen LogP contribution is 2.36. The molecule has 1 aromatic carbocycles. The topological polar surface area (TPSA) is 76.7 Å². The summed E-state index contributed by atoms with van der Waals surface area (Å²) >= 11 is 0. The Hall–Kier alpha value is -1.30. The largest absolute Gasteiger partial charge is 0.454 e. The quantitative estimate of drug-likeness (QED) is 0.703. The fourth-order valence-corrected chi connectivity index (χ4v) is 2.05. The number of ether oxygens (including phenoxy) is 2. The normalized spacial score (nSPS) is 15.6. The minimum Gasteiger partial charge on any atom is -0.454 e. The van der Waals surface area contributed by atoms with Gasteiger partial charge >= 0.3 is 0 Å². The van der Waals surface area contributed by atoms with Gasteiger partial charge in [0.05, 0.1) is 6.10 Å². The summed E-state index contributed by atoms with van der Waals surface area (Å²) in [7, 11) is 0. The second-order valence-electron chi connectivity index (χ2n) is 5.47. The van der Waals surface area contributed by atoms with Crippen LogP contribution in [-0.4, -0.2) is 37.6 Å². The van der Waals surface area contributed by atoms with E-state index in [-0.39, 0.29) is 12.0 Å². The van der Waals surface area contributed by atoms with Gasteiger partial charge in [-0.05, 0) is 17.7 Å². The molecule has 106 valence electrons. The molecule has 4 N–H and O–H groups in total. The summed E-state index contributed by atoms with van der Waals surface area (Å²) in [5, 5.41) is 12.7. The Morgan fingerprint density at radius 2 is 2.11 bits per heavy atom. The van der Waals surface area contributed by atoms with Gasteiger partial charge in [-0.15, -0.1) is 0 Å². The second kappa shape index (κ2) is 5.77. The molecule has 0 aromatic heterocycles. The number of aliphatic hydroxyl groups is 1. The van der Waals surface area contributed by atoms with E-state index in [0.717, 1.165) is 18.0 Å². The lowest BCUT2D eigenvalue weighted by Gasteiger charge is -2.26. The molecule has 1 heterocycles. The molecule has 0 aliphatic carbocycles. The number of benzene rings is 1. The predicted molar refractivity (Wildman–Crippen MR) is 73.5 cm³/mol. The van der Waals surface area contributed by atoms with Gasteiger partial charge in [-0.3, -0.25) is 0 Å². The highest BCUT2D eigenvalue weighted by Gasteiger charge is 2.23. The third-order valence-electron chi connectivity index (χ3n) is 3.37. The number of nitrogens with two attached hydrogens (primary N) is 1. The van der Waals surface area contributed by atoms with Gasteiger partial charge in [-0.2, -0.15) is 0 Å². The minimum absolute atomic E-state index is 0.0602. The molecule has 1 aromatic rings. The van der Waals surface area contributed by atoms with Crippen molar-refractivity contribution in [3.63, 3.8) is 0 Å². The van der Waals surface area contributed by atoms with Gasteiger partial charge in [-0.1, -0.05) is 19.9 Å². The van der Waals surface area contributed by atoms with E-state index < -0.39 is 6.10 Å². The van der Waals surface area contributed by atoms with Gasteiger partial charge in [0.15, 0.2) is 11.5 Å². The molecule has 1 atom stereocenters. The summed E-state index contributed by atoms with van der Waals surface area (Å²) in [6.07, 6.45) is -0.493. The first-order valence-electron chi connectivity index (χ1n) is 6.52. The minimum atomic E-state index is -0.493. The maximum atomic E-state index is 9.43. The van der Waals surface area contributed by atoms with Crippen LogP contribution in [0.4, 0.5) is 0 Å². The molecule has 0 saturated carbocycles. The van der Waals surface area contributed by atoms with E-state index in [1.807, 2.05) is 12.1 Å². The Balaban J connectivity index is 1.98. The maximum absolute atomic E-state index is 9.43. The third kappa shape index (κ3) is 3.37. The zero-order chi connectivity index (χ0) is 13.9. The van der Waals surface area contributed by atoms with Crippen LogP contribution in [-0.2, 0) is 5.41 Å². The highest BCUT2D eigenvalue weighted by molar-refractivity contribution is 5.46. The van der Waals surface area contributed by atoms with Crippen molar-refractivity contribution in [3.8, 4) is 11.5 Å². The Kier molecular flexibility index (Phi) is 4.29. The van der Waals surface area contributed by atoms with Crippen LogP contribution in [0.25, 0.3) is 0 Å². The van der Waals surface area contributed by atoms with Gasteiger partial charge in [0, 0.05) is 25.0 Å². The lowest BCUT2D eigenvalue weighted by atomic mass is 9.84. The summed E-state index contributed by atoms with van der Waals surface area (Å²) in [6.45, 7) is 6.12. The lowest BCUT2D eigenvalue weighted by molar-refractivity contribution is 0.173.